The first-order valence-electron chi connectivity index (χ1n) is 6.11. The molecule has 0 bridgehead atoms. The van der Waals surface area contributed by atoms with Crippen molar-refractivity contribution < 1.29 is 4.79 Å². The summed E-state index contributed by atoms with van der Waals surface area (Å²) in [7, 11) is 0. The number of aryl methyl sites for hydroxylation is 1. The molecule has 5 heteroatoms. The van der Waals surface area contributed by atoms with E-state index in [0.717, 1.165) is 15.7 Å². The summed E-state index contributed by atoms with van der Waals surface area (Å²) in [5, 5.41) is 7.04. The van der Waals surface area contributed by atoms with Crippen molar-refractivity contribution in [2.75, 3.05) is 5.32 Å². The van der Waals surface area contributed by atoms with Crippen molar-refractivity contribution in [3.8, 4) is 0 Å². The summed E-state index contributed by atoms with van der Waals surface area (Å²) in [5.74, 6) is -0.0208. The van der Waals surface area contributed by atoms with Crippen LogP contribution in [0.25, 0.3) is 0 Å². The number of benzene rings is 1. The Morgan fingerprint density at radius 3 is 2.95 bits per heavy atom. The summed E-state index contributed by atoms with van der Waals surface area (Å²) in [6.45, 7) is 3.98. The molecule has 0 aliphatic heterocycles. The lowest BCUT2D eigenvalue weighted by Gasteiger charge is -2.13. The molecule has 0 spiro atoms. The van der Waals surface area contributed by atoms with Gasteiger partial charge in [0.1, 0.15) is 0 Å². The maximum Gasteiger partial charge on any atom is 0.226 e. The smallest absolute Gasteiger partial charge is 0.226 e. The van der Waals surface area contributed by atoms with Crippen molar-refractivity contribution in [3.05, 3.63) is 46.7 Å². The summed E-state index contributed by atoms with van der Waals surface area (Å²) in [6, 6.07) is 7.74. The Labute approximate surface area is 120 Å². The van der Waals surface area contributed by atoms with E-state index < -0.39 is 0 Å². The van der Waals surface area contributed by atoms with Crippen LogP contribution in [0.15, 0.2) is 41.1 Å². The molecule has 1 unspecified atom stereocenters. The molecule has 4 nitrogen and oxygen atoms in total. The molecule has 1 aromatic carbocycles. The summed E-state index contributed by atoms with van der Waals surface area (Å²) >= 11 is 3.45. The maximum absolute atomic E-state index is 12.0. The highest BCUT2D eigenvalue weighted by Crippen LogP contribution is 2.24. The number of aromatic nitrogens is 2. The second-order valence-corrected chi connectivity index (χ2v) is 5.43. The van der Waals surface area contributed by atoms with Gasteiger partial charge in [-0.25, -0.2) is 0 Å². The fourth-order valence-electron chi connectivity index (χ4n) is 1.83. The monoisotopic (exact) mass is 321 g/mol. The van der Waals surface area contributed by atoms with Crippen LogP contribution in [-0.4, -0.2) is 15.7 Å². The number of hydrogen-bond acceptors (Lipinski definition) is 2. The quantitative estimate of drug-likeness (QED) is 0.936. The molecule has 0 aliphatic carbocycles. The zero-order valence-corrected chi connectivity index (χ0v) is 12.5. The average molecular weight is 322 g/mol. The molecule has 0 saturated heterocycles. The Morgan fingerprint density at radius 1 is 1.53 bits per heavy atom. The Morgan fingerprint density at radius 2 is 2.32 bits per heavy atom. The Bertz CT molecular complexity index is 566. The molecular formula is C14H16BrN3O. The molecule has 1 atom stereocenters. The lowest BCUT2D eigenvalue weighted by Crippen LogP contribution is -2.18. The van der Waals surface area contributed by atoms with Crippen molar-refractivity contribution in [1.29, 1.82) is 0 Å². The number of carbonyl (C=O) groups excluding carboxylic acids is 1. The van der Waals surface area contributed by atoms with Gasteiger partial charge in [0, 0.05) is 23.3 Å². The SMILES string of the molecule is Cc1ccc(NC(=O)CC(C)n2cccn2)c(Br)c1. The topological polar surface area (TPSA) is 46.9 Å². The van der Waals surface area contributed by atoms with Gasteiger partial charge in [0.05, 0.1) is 11.7 Å². The molecule has 1 heterocycles. The standard InChI is InChI=1S/C14H16BrN3O/c1-10-4-5-13(12(15)8-10)17-14(19)9-11(2)18-7-3-6-16-18/h3-8,11H,9H2,1-2H3,(H,17,19). The molecule has 2 aromatic rings. The predicted octanol–water partition coefficient (Wildman–Crippen LogP) is 3.54. The van der Waals surface area contributed by atoms with E-state index in [0.29, 0.717) is 6.42 Å². The van der Waals surface area contributed by atoms with E-state index in [9.17, 15) is 4.79 Å². The molecule has 1 aromatic heterocycles. The first-order chi connectivity index (χ1) is 9.06. The third-order valence-corrected chi connectivity index (χ3v) is 3.51. The van der Waals surface area contributed by atoms with E-state index in [-0.39, 0.29) is 11.9 Å². The molecule has 0 radical (unpaired) electrons. The van der Waals surface area contributed by atoms with Crippen LogP contribution < -0.4 is 5.32 Å². The van der Waals surface area contributed by atoms with Gasteiger partial charge in [-0.3, -0.25) is 9.48 Å². The van der Waals surface area contributed by atoms with Crippen LogP contribution in [0.1, 0.15) is 24.9 Å². The summed E-state index contributed by atoms with van der Waals surface area (Å²) in [5.41, 5.74) is 1.94. The van der Waals surface area contributed by atoms with Crippen molar-refractivity contribution in [2.45, 2.75) is 26.3 Å². The molecule has 0 saturated carbocycles. The second-order valence-electron chi connectivity index (χ2n) is 4.57. The van der Waals surface area contributed by atoms with Crippen molar-refractivity contribution in [2.24, 2.45) is 0 Å². The molecule has 1 N–H and O–H groups in total. The highest BCUT2D eigenvalue weighted by molar-refractivity contribution is 9.10. The average Bonchev–Trinajstić information content (AvgIpc) is 2.86. The molecule has 0 fully saturated rings. The fourth-order valence-corrected chi connectivity index (χ4v) is 2.42. The van der Waals surface area contributed by atoms with Gasteiger partial charge in [0.25, 0.3) is 0 Å². The summed E-state index contributed by atoms with van der Waals surface area (Å²) in [6.07, 6.45) is 3.96. The van der Waals surface area contributed by atoms with E-state index in [2.05, 4.69) is 26.3 Å². The molecule has 0 aliphatic rings. The highest BCUT2D eigenvalue weighted by Gasteiger charge is 2.12. The highest BCUT2D eigenvalue weighted by atomic mass is 79.9. The zero-order valence-electron chi connectivity index (χ0n) is 10.9. The van der Waals surface area contributed by atoms with Gasteiger partial charge in [0.2, 0.25) is 5.91 Å². The van der Waals surface area contributed by atoms with Gasteiger partial charge < -0.3 is 5.32 Å². The summed E-state index contributed by atoms with van der Waals surface area (Å²) < 4.78 is 2.68. The third-order valence-electron chi connectivity index (χ3n) is 2.86. The van der Waals surface area contributed by atoms with Crippen LogP contribution in [0, 0.1) is 6.92 Å². The van der Waals surface area contributed by atoms with Crippen LogP contribution in [0.2, 0.25) is 0 Å². The van der Waals surface area contributed by atoms with Gasteiger partial charge in [-0.15, -0.1) is 0 Å². The molecule has 19 heavy (non-hydrogen) atoms. The van der Waals surface area contributed by atoms with E-state index in [1.54, 1.807) is 10.9 Å². The van der Waals surface area contributed by atoms with E-state index >= 15 is 0 Å². The maximum atomic E-state index is 12.0. The largest absolute Gasteiger partial charge is 0.325 e. The van der Waals surface area contributed by atoms with Crippen LogP contribution in [0.5, 0.6) is 0 Å². The molecular weight excluding hydrogens is 306 g/mol. The van der Waals surface area contributed by atoms with Crippen molar-refractivity contribution in [3.63, 3.8) is 0 Å². The van der Waals surface area contributed by atoms with Gasteiger partial charge in [0.15, 0.2) is 0 Å². The Balaban J connectivity index is 1.98. The lowest BCUT2D eigenvalue weighted by atomic mass is 10.2. The predicted molar refractivity (Wildman–Crippen MR) is 79.1 cm³/mol. The number of nitrogens with zero attached hydrogens (tertiary/aromatic N) is 2. The first-order valence-corrected chi connectivity index (χ1v) is 6.90. The number of anilines is 1. The van der Waals surface area contributed by atoms with Crippen molar-refractivity contribution in [1.82, 2.24) is 9.78 Å². The van der Waals surface area contributed by atoms with Crippen LogP contribution in [0.4, 0.5) is 5.69 Å². The number of carbonyl (C=O) groups is 1. The van der Waals surface area contributed by atoms with E-state index in [1.165, 1.54) is 0 Å². The van der Waals surface area contributed by atoms with Crippen LogP contribution >= 0.6 is 15.9 Å². The first kappa shape index (κ1) is 13.8. The third kappa shape index (κ3) is 3.67. The minimum Gasteiger partial charge on any atom is -0.325 e. The van der Waals surface area contributed by atoms with Crippen LogP contribution in [-0.2, 0) is 4.79 Å². The number of rotatable bonds is 4. The number of nitrogens with one attached hydrogen (secondary N) is 1. The normalized spacial score (nSPS) is 12.2. The van der Waals surface area contributed by atoms with Gasteiger partial charge in [-0.1, -0.05) is 6.07 Å². The Hall–Kier alpha value is -1.62. The van der Waals surface area contributed by atoms with Crippen molar-refractivity contribution >= 4 is 27.5 Å². The minimum absolute atomic E-state index is 0.0208. The summed E-state index contributed by atoms with van der Waals surface area (Å²) in [4.78, 5) is 12.0. The molecule has 1 amide bonds. The van der Waals surface area contributed by atoms with E-state index in [4.69, 9.17) is 0 Å². The lowest BCUT2D eigenvalue weighted by molar-refractivity contribution is -0.116. The Kier molecular flexibility index (Phi) is 4.37. The molecule has 2 rings (SSSR count). The van der Waals surface area contributed by atoms with E-state index in [1.807, 2.05) is 44.3 Å². The number of halogens is 1. The number of amides is 1. The minimum atomic E-state index is -0.0208. The van der Waals surface area contributed by atoms with Gasteiger partial charge in [-0.2, -0.15) is 5.10 Å². The van der Waals surface area contributed by atoms with Crippen LogP contribution in [0.3, 0.4) is 0 Å². The van der Waals surface area contributed by atoms with Gasteiger partial charge >= 0.3 is 0 Å². The fraction of sp³-hybridized carbons (Fsp3) is 0.286. The number of hydrogen-bond donors (Lipinski definition) is 1. The van der Waals surface area contributed by atoms with Gasteiger partial charge in [-0.05, 0) is 53.5 Å². The molecule has 100 valence electrons. The second kappa shape index (κ2) is 6.02. The zero-order chi connectivity index (χ0) is 13.8.